The second kappa shape index (κ2) is 8.01. The molecular weight excluding hydrogens is 356 g/mol. The first-order valence-electron chi connectivity index (χ1n) is 7.81. The fourth-order valence-corrected chi connectivity index (χ4v) is 2.77. The molecular formula is C18H20N2O5S. The van der Waals surface area contributed by atoms with Crippen molar-refractivity contribution in [2.75, 3.05) is 16.3 Å². The summed E-state index contributed by atoms with van der Waals surface area (Å²) in [5.41, 5.74) is 1.68. The Kier molecular flexibility index (Phi) is 5.99. The predicted octanol–water partition coefficient (Wildman–Crippen LogP) is 2.55. The van der Waals surface area contributed by atoms with Gasteiger partial charge in [0.15, 0.2) is 6.10 Å². The zero-order chi connectivity index (χ0) is 19.3. The molecule has 0 aliphatic carbocycles. The molecule has 26 heavy (non-hydrogen) atoms. The highest BCUT2D eigenvalue weighted by atomic mass is 32.2. The quantitative estimate of drug-likeness (QED) is 0.755. The molecule has 0 bridgehead atoms. The minimum Gasteiger partial charge on any atom is -0.449 e. The first kappa shape index (κ1) is 19.5. The van der Waals surface area contributed by atoms with Crippen LogP contribution in [0.25, 0.3) is 0 Å². The predicted molar refractivity (Wildman–Crippen MR) is 99.6 cm³/mol. The summed E-state index contributed by atoms with van der Waals surface area (Å²) in [6.45, 7) is 3.33. The molecule has 0 fully saturated rings. The highest BCUT2D eigenvalue weighted by Gasteiger charge is 2.21. The van der Waals surface area contributed by atoms with Crippen LogP contribution >= 0.6 is 0 Å². The summed E-state index contributed by atoms with van der Waals surface area (Å²) in [6.07, 6.45) is -0.0816. The van der Waals surface area contributed by atoms with Crippen LogP contribution in [0.5, 0.6) is 0 Å². The number of sulfonamides is 1. The number of nitrogens with one attached hydrogen (secondary N) is 2. The summed E-state index contributed by atoms with van der Waals surface area (Å²) in [5.74, 6) is -1.29. The molecule has 0 saturated heterocycles. The number of hydrogen-bond donors (Lipinski definition) is 2. The topological polar surface area (TPSA) is 102 Å². The van der Waals surface area contributed by atoms with Crippen LogP contribution in [-0.2, 0) is 19.6 Å². The van der Waals surface area contributed by atoms with E-state index in [0.29, 0.717) is 5.69 Å². The third-order valence-electron chi connectivity index (χ3n) is 3.38. The highest BCUT2D eigenvalue weighted by molar-refractivity contribution is 7.92. The van der Waals surface area contributed by atoms with E-state index in [-0.39, 0.29) is 11.3 Å². The van der Waals surface area contributed by atoms with E-state index in [9.17, 15) is 18.0 Å². The van der Waals surface area contributed by atoms with E-state index in [4.69, 9.17) is 4.74 Å². The van der Waals surface area contributed by atoms with Crippen molar-refractivity contribution in [3.63, 3.8) is 0 Å². The van der Waals surface area contributed by atoms with E-state index in [1.165, 1.54) is 19.1 Å². The smallest absolute Gasteiger partial charge is 0.341 e. The lowest BCUT2D eigenvalue weighted by Gasteiger charge is -2.15. The van der Waals surface area contributed by atoms with Crippen molar-refractivity contribution in [3.8, 4) is 0 Å². The van der Waals surface area contributed by atoms with Gasteiger partial charge in [0.25, 0.3) is 5.91 Å². The number of amides is 1. The second-order valence-electron chi connectivity index (χ2n) is 5.83. The first-order valence-corrected chi connectivity index (χ1v) is 9.70. The Hall–Kier alpha value is -2.87. The van der Waals surface area contributed by atoms with Gasteiger partial charge < -0.3 is 10.1 Å². The van der Waals surface area contributed by atoms with E-state index in [0.717, 1.165) is 11.8 Å². The summed E-state index contributed by atoms with van der Waals surface area (Å²) >= 11 is 0. The molecule has 8 heteroatoms. The number of esters is 1. The van der Waals surface area contributed by atoms with Gasteiger partial charge in [0.05, 0.1) is 17.5 Å². The van der Waals surface area contributed by atoms with Crippen molar-refractivity contribution in [3.05, 3.63) is 59.7 Å². The van der Waals surface area contributed by atoms with Crippen LogP contribution in [0.2, 0.25) is 0 Å². The molecule has 7 nitrogen and oxygen atoms in total. The fourth-order valence-electron chi connectivity index (χ4n) is 2.19. The van der Waals surface area contributed by atoms with Crippen LogP contribution in [0, 0.1) is 6.92 Å². The number of hydrogen-bond acceptors (Lipinski definition) is 5. The third kappa shape index (κ3) is 5.59. The Morgan fingerprint density at radius 3 is 2.42 bits per heavy atom. The summed E-state index contributed by atoms with van der Waals surface area (Å²) in [7, 11) is -3.56. The van der Waals surface area contributed by atoms with Gasteiger partial charge in [-0.05, 0) is 43.7 Å². The molecule has 0 heterocycles. The molecule has 2 rings (SSSR count). The maximum absolute atomic E-state index is 12.3. The lowest BCUT2D eigenvalue weighted by atomic mass is 10.2. The van der Waals surface area contributed by atoms with Crippen molar-refractivity contribution in [1.82, 2.24) is 0 Å². The van der Waals surface area contributed by atoms with Crippen LogP contribution in [-0.4, -0.2) is 32.7 Å². The van der Waals surface area contributed by atoms with E-state index in [1.54, 1.807) is 30.3 Å². The number of benzene rings is 2. The van der Waals surface area contributed by atoms with E-state index in [1.807, 2.05) is 13.0 Å². The number of rotatable bonds is 6. The van der Waals surface area contributed by atoms with Crippen molar-refractivity contribution >= 4 is 33.3 Å². The lowest BCUT2D eigenvalue weighted by molar-refractivity contribution is -0.123. The molecule has 2 N–H and O–H groups in total. The molecule has 1 atom stereocenters. The minimum absolute atomic E-state index is 0.0214. The summed E-state index contributed by atoms with van der Waals surface area (Å²) in [4.78, 5) is 24.5. The molecule has 1 unspecified atom stereocenters. The zero-order valence-corrected chi connectivity index (χ0v) is 15.5. The molecule has 2 aromatic rings. The monoisotopic (exact) mass is 376 g/mol. The molecule has 0 saturated carbocycles. The maximum Gasteiger partial charge on any atom is 0.341 e. The molecule has 138 valence electrons. The van der Waals surface area contributed by atoms with Crippen LogP contribution < -0.4 is 10.0 Å². The molecule has 0 aromatic heterocycles. The molecule has 0 radical (unpaired) electrons. The average molecular weight is 376 g/mol. The lowest BCUT2D eigenvalue weighted by Crippen LogP contribution is -2.30. The normalized spacial score (nSPS) is 12.1. The summed E-state index contributed by atoms with van der Waals surface area (Å²) in [5, 5.41) is 2.66. The van der Waals surface area contributed by atoms with Crippen molar-refractivity contribution in [2.45, 2.75) is 20.0 Å². The van der Waals surface area contributed by atoms with Crippen LogP contribution in [0.4, 0.5) is 11.4 Å². The SMILES string of the molecule is Cc1cccc(NC(=O)C(C)OC(=O)c2ccccc2NS(C)(=O)=O)c1. The van der Waals surface area contributed by atoms with Gasteiger partial charge in [0.1, 0.15) is 0 Å². The standard InChI is InChI=1S/C18H20N2O5S/c1-12-7-6-8-14(11-12)19-17(21)13(2)25-18(22)15-9-4-5-10-16(15)20-26(3,23)24/h4-11,13,20H,1-3H3,(H,19,21). The Morgan fingerprint density at radius 1 is 1.08 bits per heavy atom. The number of anilines is 2. The van der Waals surface area contributed by atoms with Gasteiger partial charge in [-0.25, -0.2) is 13.2 Å². The Bertz CT molecular complexity index is 925. The van der Waals surface area contributed by atoms with Crippen LogP contribution in [0.1, 0.15) is 22.8 Å². The van der Waals surface area contributed by atoms with Gasteiger partial charge in [-0.2, -0.15) is 0 Å². The maximum atomic E-state index is 12.3. The van der Waals surface area contributed by atoms with E-state index < -0.39 is 28.0 Å². The van der Waals surface area contributed by atoms with Crippen molar-refractivity contribution in [2.24, 2.45) is 0 Å². The molecule has 0 aliphatic heterocycles. The van der Waals surface area contributed by atoms with E-state index >= 15 is 0 Å². The second-order valence-corrected chi connectivity index (χ2v) is 7.57. The zero-order valence-electron chi connectivity index (χ0n) is 14.6. The number of carbonyl (C=O) groups is 2. The molecule has 2 aromatic carbocycles. The first-order chi connectivity index (χ1) is 12.2. The van der Waals surface area contributed by atoms with Gasteiger partial charge in [0, 0.05) is 5.69 Å². The number of carbonyl (C=O) groups excluding carboxylic acids is 2. The van der Waals surface area contributed by atoms with Gasteiger partial charge in [0.2, 0.25) is 10.0 Å². The Balaban J connectivity index is 2.08. The average Bonchev–Trinajstić information content (AvgIpc) is 2.53. The highest BCUT2D eigenvalue weighted by Crippen LogP contribution is 2.18. The number of aryl methyl sites for hydroxylation is 1. The van der Waals surface area contributed by atoms with Crippen LogP contribution in [0.15, 0.2) is 48.5 Å². The molecule has 1 amide bonds. The van der Waals surface area contributed by atoms with Gasteiger partial charge in [-0.15, -0.1) is 0 Å². The largest absolute Gasteiger partial charge is 0.449 e. The number of para-hydroxylation sites is 1. The molecule has 0 aliphatic rings. The van der Waals surface area contributed by atoms with Gasteiger partial charge in [-0.3, -0.25) is 9.52 Å². The number of ether oxygens (including phenoxy) is 1. The minimum atomic E-state index is -3.56. The third-order valence-corrected chi connectivity index (χ3v) is 3.97. The summed E-state index contributed by atoms with van der Waals surface area (Å²) < 4.78 is 30.2. The Morgan fingerprint density at radius 2 is 1.77 bits per heavy atom. The van der Waals surface area contributed by atoms with Crippen LogP contribution in [0.3, 0.4) is 0 Å². The van der Waals surface area contributed by atoms with Crippen molar-refractivity contribution < 1.29 is 22.7 Å². The molecule has 0 spiro atoms. The van der Waals surface area contributed by atoms with E-state index in [2.05, 4.69) is 10.0 Å². The summed E-state index contributed by atoms with van der Waals surface area (Å²) in [6, 6.07) is 13.2. The van der Waals surface area contributed by atoms with Gasteiger partial charge >= 0.3 is 5.97 Å². The van der Waals surface area contributed by atoms with Crippen molar-refractivity contribution in [1.29, 1.82) is 0 Å². The van der Waals surface area contributed by atoms with Gasteiger partial charge in [-0.1, -0.05) is 24.3 Å². The fraction of sp³-hybridized carbons (Fsp3) is 0.222. The Labute approximate surface area is 152 Å².